The van der Waals surface area contributed by atoms with Gasteiger partial charge in [-0.2, -0.15) is 0 Å². The van der Waals surface area contributed by atoms with Gasteiger partial charge in [0.25, 0.3) is 0 Å². The molecular weight excluding hydrogens is 228 g/mol. The topological polar surface area (TPSA) is 54.4 Å². The molecule has 0 aromatic carbocycles. The van der Waals surface area contributed by atoms with Crippen molar-refractivity contribution in [3.8, 4) is 0 Å². The Morgan fingerprint density at radius 3 is 1.94 bits per heavy atom. The minimum Gasteiger partial charge on any atom is -0.481 e. The van der Waals surface area contributed by atoms with Crippen molar-refractivity contribution in [3.63, 3.8) is 0 Å². The van der Waals surface area contributed by atoms with Gasteiger partial charge in [-0.25, -0.2) is 0 Å². The van der Waals surface area contributed by atoms with Crippen molar-refractivity contribution in [2.75, 3.05) is 0 Å². The summed E-state index contributed by atoms with van der Waals surface area (Å²) in [5, 5.41) is 8.47. The van der Waals surface area contributed by atoms with Crippen LogP contribution >= 0.6 is 0 Å². The van der Waals surface area contributed by atoms with Crippen LogP contribution in [0.3, 0.4) is 0 Å². The number of carboxylic acids is 1. The van der Waals surface area contributed by atoms with E-state index in [-0.39, 0.29) is 5.92 Å². The maximum absolute atomic E-state index is 10.6. The fourth-order valence-corrected chi connectivity index (χ4v) is 2.11. The molecular formula is C15H28O3. The van der Waals surface area contributed by atoms with Gasteiger partial charge in [0, 0.05) is 12.3 Å². The van der Waals surface area contributed by atoms with Crippen molar-refractivity contribution in [2.24, 2.45) is 5.92 Å². The van der Waals surface area contributed by atoms with Crippen molar-refractivity contribution in [1.29, 1.82) is 0 Å². The van der Waals surface area contributed by atoms with Crippen molar-refractivity contribution in [1.82, 2.24) is 0 Å². The minimum absolute atomic E-state index is 0.265. The lowest BCUT2D eigenvalue weighted by molar-refractivity contribution is -0.137. The van der Waals surface area contributed by atoms with Crippen LogP contribution < -0.4 is 0 Å². The number of aldehydes is 1. The first-order chi connectivity index (χ1) is 8.70. The first kappa shape index (κ1) is 17.1. The van der Waals surface area contributed by atoms with Crippen LogP contribution in [0.25, 0.3) is 0 Å². The van der Waals surface area contributed by atoms with E-state index in [0.717, 1.165) is 44.8 Å². The molecule has 1 unspecified atom stereocenters. The predicted molar refractivity (Wildman–Crippen MR) is 73.7 cm³/mol. The molecule has 0 heterocycles. The molecule has 106 valence electrons. The number of carbonyl (C=O) groups excluding carboxylic acids is 1. The lowest BCUT2D eigenvalue weighted by Gasteiger charge is -2.06. The van der Waals surface area contributed by atoms with Gasteiger partial charge in [0.05, 0.1) is 0 Å². The third-order valence-electron chi connectivity index (χ3n) is 3.43. The molecule has 0 saturated carbocycles. The summed E-state index contributed by atoms with van der Waals surface area (Å²) in [5.74, 6) is -0.420. The summed E-state index contributed by atoms with van der Waals surface area (Å²) in [4.78, 5) is 20.9. The van der Waals surface area contributed by atoms with Gasteiger partial charge in [-0.05, 0) is 19.3 Å². The Bertz CT molecular complexity index is 214. The average molecular weight is 256 g/mol. The summed E-state index contributed by atoms with van der Waals surface area (Å²) in [6, 6.07) is 0. The van der Waals surface area contributed by atoms with Gasteiger partial charge in [0.15, 0.2) is 0 Å². The minimum atomic E-state index is -0.685. The molecule has 0 aromatic rings. The smallest absolute Gasteiger partial charge is 0.303 e. The van der Waals surface area contributed by atoms with E-state index >= 15 is 0 Å². The highest BCUT2D eigenvalue weighted by atomic mass is 16.4. The second-order valence-corrected chi connectivity index (χ2v) is 5.07. The zero-order valence-corrected chi connectivity index (χ0v) is 11.7. The normalized spacial score (nSPS) is 12.3. The van der Waals surface area contributed by atoms with Crippen LogP contribution in [-0.2, 0) is 9.59 Å². The first-order valence-corrected chi connectivity index (χ1v) is 7.37. The second-order valence-electron chi connectivity index (χ2n) is 5.07. The first-order valence-electron chi connectivity index (χ1n) is 7.37. The third-order valence-corrected chi connectivity index (χ3v) is 3.43. The highest BCUT2D eigenvalue weighted by Crippen LogP contribution is 2.14. The highest BCUT2D eigenvalue weighted by Gasteiger charge is 2.03. The van der Waals surface area contributed by atoms with Crippen molar-refractivity contribution in [3.05, 3.63) is 0 Å². The molecule has 0 rings (SSSR count). The number of rotatable bonds is 13. The van der Waals surface area contributed by atoms with Gasteiger partial charge in [0.1, 0.15) is 6.29 Å². The van der Waals surface area contributed by atoms with Gasteiger partial charge in [-0.3, -0.25) is 4.79 Å². The fraction of sp³-hybridized carbons (Fsp3) is 0.867. The van der Waals surface area contributed by atoms with E-state index in [0.29, 0.717) is 6.42 Å². The van der Waals surface area contributed by atoms with Crippen LogP contribution in [0.15, 0.2) is 0 Å². The lowest BCUT2D eigenvalue weighted by atomic mass is 9.99. The number of aliphatic carboxylic acids is 1. The largest absolute Gasteiger partial charge is 0.481 e. The summed E-state index contributed by atoms with van der Waals surface area (Å²) in [7, 11) is 0. The molecule has 3 heteroatoms. The van der Waals surface area contributed by atoms with Crippen molar-refractivity contribution >= 4 is 12.3 Å². The van der Waals surface area contributed by atoms with Gasteiger partial charge in [-0.15, -0.1) is 0 Å². The van der Waals surface area contributed by atoms with Crippen LogP contribution in [0, 0.1) is 5.92 Å². The SMILES string of the molecule is CCC(C=O)CCCCCCCCCCC(=O)O. The Balaban J connectivity index is 3.11. The molecule has 0 bridgehead atoms. The number of carboxylic acid groups (broad SMARTS) is 1. The number of unbranched alkanes of at least 4 members (excludes halogenated alkanes) is 7. The molecule has 0 radical (unpaired) electrons. The Kier molecular flexibility index (Phi) is 12.0. The van der Waals surface area contributed by atoms with E-state index in [1.807, 2.05) is 0 Å². The van der Waals surface area contributed by atoms with Crippen LogP contribution in [0.4, 0.5) is 0 Å². The van der Waals surface area contributed by atoms with Gasteiger partial charge in [-0.1, -0.05) is 51.9 Å². The van der Waals surface area contributed by atoms with Crippen LogP contribution in [-0.4, -0.2) is 17.4 Å². The number of hydrogen-bond acceptors (Lipinski definition) is 2. The molecule has 0 aliphatic heterocycles. The molecule has 1 atom stereocenters. The van der Waals surface area contributed by atoms with Crippen molar-refractivity contribution in [2.45, 2.75) is 77.6 Å². The summed E-state index contributed by atoms with van der Waals surface area (Å²) in [6.45, 7) is 2.07. The fourth-order valence-electron chi connectivity index (χ4n) is 2.11. The molecule has 0 aliphatic carbocycles. The predicted octanol–water partition coefficient (Wildman–Crippen LogP) is 4.20. The standard InChI is InChI=1S/C15H28O3/c1-2-14(13-16)11-9-7-5-3-4-6-8-10-12-15(17)18/h13-14H,2-12H2,1H3,(H,17,18). The van der Waals surface area contributed by atoms with Crippen LogP contribution in [0.1, 0.15) is 77.6 Å². The zero-order chi connectivity index (χ0) is 13.6. The third kappa shape index (κ3) is 11.6. The molecule has 0 amide bonds. The van der Waals surface area contributed by atoms with E-state index in [1.165, 1.54) is 25.7 Å². The Hall–Kier alpha value is -0.860. The second kappa shape index (κ2) is 12.6. The van der Waals surface area contributed by atoms with E-state index < -0.39 is 5.97 Å². The maximum atomic E-state index is 10.6. The molecule has 0 aliphatic rings. The molecule has 0 aromatic heterocycles. The van der Waals surface area contributed by atoms with E-state index in [2.05, 4.69) is 6.92 Å². The Morgan fingerprint density at radius 2 is 1.50 bits per heavy atom. The van der Waals surface area contributed by atoms with Crippen molar-refractivity contribution < 1.29 is 14.7 Å². The van der Waals surface area contributed by atoms with E-state index in [1.54, 1.807) is 0 Å². The molecule has 0 saturated heterocycles. The van der Waals surface area contributed by atoms with Gasteiger partial charge < -0.3 is 9.90 Å². The number of hydrogen-bond donors (Lipinski definition) is 1. The zero-order valence-electron chi connectivity index (χ0n) is 11.7. The summed E-state index contributed by atoms with van der Waals surface area (Å²) >= 11 is 0. The molecule has 18 heavy (non-hydrogen) atoms. The maximum Gasteiger partial charge on any atom is 0.303 e. The number of carbonyl (C=O) groups is 2. The van der Waals surface area contributed by atoms with Gasteiger partial charge >= 0.3 is 5.97 Å². The summed E-state index contributed by atoms with van der Waals surface area (Å²) < 4.78 is 0. The molecule has 1 N–H and O–H groups in total. The Labute approximate surface area is 111 Å². The van der Waals surface area contributed by atoms with Crippen LogP contribution in [0.5, 0.6) is 0 Å². The van der Waals surface area contributed by atoms with E-state index in [4.69, 9.17) is 5.11 Å². The average Bonchev–Trinajstić information content (AvgIpc) is 2.36. The molecule has 0 spiro atoms. The lowest BCUT2D eigenvalue weighted by Crippen LogP contribution is -1.99. The van der Waals surface area contributed by atoms with Gasteiger partial charge in [0.2, 0.25) is 0 Å². The highest BCUT2D eigenvalue weighted by molar-refractivity contribution is 5.66. The van der Waals surface area contributed by atoms with E-state index in [9.17, 15) is 9.59 Å². The molecule has 0 fully saturated rings. The Morgan fingerprint density at radius 1 is 1.00 bits per heavy atom. The molecule has 3 nitrogen and oxygen atoms in total. The summed E-state index contributed by atoms with van der Waals surface area (Å²) in [5.41, 5.74) is 0. The summed E-state index contributed by atoms with van der Waals surface area (Å²) in [6.07, 6.45) is 12.5. The quantitative estimate of drug-likeness (QED) is 0.397. The monoisotopic (exact) mass is 256 g/mol. The van der Waals surface area contributed by atoms with Crippen LogP contribution in [0.2, 0.25) is 0 Å².